The van der Waals surface area contributed by atoms with Gasteiger partial charge in [0.25, 0.3) is 5.91 Å². The minimum atomic E-state index is -0.436. The van der Waals surface area contributed by atoms with Gasteiger partial charge in [-0.15, -0.1) is 0 Å². The highest BCUT2D eigenvalue weighted by Crippen LogP contribution is 2.45. The van der Waals surface area contributed by atoms with Crippen LogP contribution in [0.15, 0.2) is 47.8 Å². The third-order valence-electron chi connectivity index (χ3n) is 5.07. The zero-order valence-corrected chi connectivity index (χ0v) is 17.7. The van der Waals surface area contributed by atoms with Crippen molar-refractivity contribution in [1.29, 1.82) is 0 Å². The Kier molecular flexibility index (Phi) is 6.17. The average molecular weight is 415 g/mol. The van der Waals surface area contributed by atoms with Crippen LogP contribution in [0.1, 0.15) is 13.3 Å². The summed E-state index contributed by atoms with van der Waals surface area (Å²) < 4.78 is 26.9. The van der Waals surface area contributed by atoms with Crippen LogP contribution >= 0.6 is 0 Å². The maximum absolute atomic E-state index is 12.7. The monoisotopic (exact) mass is 415 g/mol. The number of anilines is 1. The molecule has 1 saturated heterocycles. The van der Waals surface area contributed by atoms with Crippen LogP contribution in [0.3, 0.4) is 0 Å². The zero-order valence-electron chi connectivity index (χ0n) is 17.7. The van der Waals surface area contributed by atoms with Gasteiger partial charge in [0.2, 0.25) is 5.75 Å². The van der Waals surface area contributed by atoms with E-state index in [-0.39, 0.29) is 12.0 Å². The summed E-state index contributed by atoms with van der Waals surface area (Å²) in [5.41, 5.74) is 1.80. The van der Waals surface area contributed by atoms with Crippen molar-refractivity contribution in [2.45, 2.75) is 25.5 Å². The van der Waals surface area contributed by atoms with Crippen LogP contribution in [0, 0.1) is 0 Å². The van der Waals surface area contributed by atoms with E-state index < -0.39 is 12.0 Å². The van der Waals surface area contributed by atoms with Gasteiger partial charge in [0.1, 0.15) is 11.9 Å². The number of rotatable bonds is 7. The zero-order chi connectivity index (χ0) is 22.0. The highest BCUT2D eigenvalue weighted by Gasteiger charge is 2.44. The summed E-state index contributed by atoms with van der Waals surface area (Å²) in [6, 6.07) is 3.00. The molecule has 1 fully saturated rings. The summed E-state index contributed by atoms with van der Waals surface area (Å²) in [6.07, 6.45) is 3.82. The lowest BCUT2D eigenvalue weighted by Crippen LogP contribution is -2.56. The largest absolute Gasteiger partial charge is 0.493 e. The molecule has 8 nitrogen and oxygen atoms in total. The molecule has 2 aliphatic rings. The molecule has 30 heavy (non-hydrogen) atoms. The van der Waals surface area contributed by atoms with E-state index in [0.717, 1.165) is 5.57 Å². The Morgan fingerprint density at radius 1 is 1.10 bits per heavy atom. The molecule has 0 saturated carbocycles. The van der Waals surface area contributed by atoms with Gasteiger partial charge in [0.15, 0.2) is 11.5 Å². The normalized spacial score (nSPS) is 20.8. The van der Waals surface area contributed by atoms with Gasteiger partial charge in [-0.2, -0.15) is 0 Å². The van der Waals surface area contributed by atoms with E-state index in [1.165, 1.54) is 28.3 Å². The summed E-state index contributed by atoms with van der Waals surface area (Å²) >= 11 is 0. The maximum atomic E-state index is 12.7. The van der Waals surface area contributed by atoms with Crippen molar-refractivity contribution in [3.8, 4) is 17.2 Å². The number of ether oxygens (including phenoxy) is 5. The van der Waals surface area contributed by atoms with Gasteiger partial charge in [0.05, 0.1) is 33.1 Å². The van der Waals surface area contributed by atoms with Gasteiger partial charge in [-0.05, 0) is 18.1 Å². The van der Waals surface area contributed by atoms with Gasteiger partial charge < -0.3 is 23.7 Å². The van der Waals surface area contributed by atoms with Crippen LogP contribution in [0.5, 0.6) is 17.2 Å². The summed E-state index contributed by atoms with van der Waals surface area (Å²) in [7, 11) is 6.09. The second kappa shape index (κ2) is 8.62. The van der Waals surface area contributed by atoms with Crippen molar-refractivity contribution in [1.82, 2.24) is 0 Å². The second-order valence-corrected chi connectivity index (χ2v) is 6.79. The molecule has 1 amide bonds. The molecular weight excluding hydrogens is 390 g/mol. The van der Waals surface area contributed by atoms with Crippen molar-refractivity contribution in [3.05, 3.63) is 47.8 Å². The fourth-order valence-electron chi connectivity index (χ4n) is 3.64. The molecule has 1 aromatic carbocycles. The molecule has 1 aliphatic carbocycles. The van der Waals surface area contributed by atoms with E-state index in [9.17, 15) is 9.59 Å². The fraction of sp³-hybridized carbons (Fsp3) is 0.364. The first kappa shape index (κ1) is 21.4. The van der Waals surface area contributed by atoms with E-state index >= 15 is 0 Å². The SMILES string of the molecule is C=C1C(=O)N(c2cc(OC)c(OC)c(OC)c2)[C@H]1C1=CCC(OC)C(OC(C)=O)=C1. The highest BCUT2D eigenvalue weighted by atomic mass is 16.6. The number of hydrogen-bond acceptors (Lipinski definition) is 7. The third-order valence-corrected chi connectivity index (χ3v) is 5.07. The van der Waals surface area contributed by atoms with Crippen LogP contribution in [0.4, 0.5) is 5.69 Å². The van der Waals surface area contributed by atoms with Crippen LogP contribution < -0.4 is 19.1 Å². The summed E-state index contributed by atoms with van der Waals surface area (Å²) in [5.74, 6) is 1.05. The van der Waals surface area contributed by atoms with Gasteiger partial charge >= 0.3 is 5.97 Å². The number of benzene rings is 1. The van der Waals surface area contributed by atoms with E-state index in [1.807, 2.05) is 6.08 Å². The minimum Gasteiger partial charge on any atom is -0.493 e. The summed E-state index contributed by atoms with van der Waals surface area (Å²) in [6.45, 7) is 5.26. The Morgan fingerprint density at radius 3 is 2.23 bits per heavy atom. The van der Waals surface area contributed by atoms with Gasteiger partial charge in [-0.25, -0.2) is 0 Å². The predicted molar refractivity (Wildman–Crippen MR) is 110 cm³/mol. The Morgan fingerprint density at radius 2 is 1.73 bits per heavy atom. The number of nitrogens with zero attached hydrogens (tertiary/aromatic N) is 1. The van der Waals surface area contributed by atoms with Gasteiger partial charge in [0, 0.05) is 31.7 Å². The number of amides is 1. The predicted octanol–water partition coefficient (Wildman–Crippen LogP) is 2.78. The first-order valence-electron chi connectivity index (χ1n) is 9.31. The topological polar surface area (TPSA) is 83.5 Å². The molecule has 0 aromatic heterocycles. The quantitative estimate of drug-likeness (QED) is 0.385. The van der Waals surface area contributed by atoms with Crippen LogP contribution in [-0.2, 0) is 19.1 Å². The molecule has 160 valence electrons. The first-order chi connectivity index (χ1) is 14.4. The highest BCUT2D eigenvalue weighted by molar-refractivity contribution is 6.16. The van der Waals surface area contributed by atoms with E-state index in [1.54, 1.807) is 30.2 Å². The molecule has 1 unspecified atom stereocenters. The Hall–Kier alpha value is -3.26. The molecule has 0 N–H and O–H groups in total. The first-order valence-corrected chi connectivity index (χ1v) is 9.31. The molecule has 0 bridgehead atoms. The van der Waals surface area contributed by atoms with E-state index in [2.05, 4.69) is 6.58 Å². The van der Waals surface area contributed by atoms with E-state index in [0.29, 0.717) is 40.7 Å². The number of methoxy groups -OCH3 is 4. The van der Waals surface area contributed by atoms with Crippen LogP contribution in [0.2, 0.25) is 0 Å². The van der Waals surface area contributed by atoms with E-state index in [4.69, 9.17) is 23.7 Å². The standard InChI is InChI=1S/C22H25NO7/c1-12-20(14-7-8-16(26-3)17(9-14)30-13(2)24)23(22(12)25)15-10-18(27-4)21(29-6)19(11-15)28-5/h7,9-11,16,20H,1,8H2,2-6H3/t16?,20-/m1/s1. The van der Waals surface area contributed by atoms with Gasteiger partial charge in [-0.1, -0.05) is 12.7 Å². The van der Waals surface area contributed by atoms with Crippen LogP contribution in [0.25, 0.3) is 0 Å². The molecule has 1 aliphatic heterocycles. The van der Waals surface area contributed by atoms with Crippen molar-refractivity contribution in [3.63, 3.8) is 0 Å². The molecule has 1 heterocycles. The second-order valence-electron chi connectivity index (χ2n) is 6.79. The van der Waals surface area contributed by atoms with Crippen molar-refractivity contribution < 1.29 is 33.3 Å². The molecule has 3 rings (SSSR count). The minimum absolute atomic E-state index is 0.216. The lowest BCUT2D eigenvalue weighted by atomic mass is 9.85. The molecule has 8 heteroatoms. The third kappa shape index (κ3) is 3.66. The average Bonchev–Trinajstić information content (AvgIpc) is 2.75. The molecule has 0 spiro atoms. The fourth-order valence-corrected chi connectivity index (χ4v) is 3.64. The van der Waals surface area contributed by atoms with Crippen molar-refractivity contribution in [2.75, 3.05) is 33.3 Å². The number of β-lactam (4-membered cyclic amide) rings is 1. The number of hydrogen-bond donors (Lipinski definition) is 0. The smallest absolute Gasteiger partial charge is 0.307 e. The van der Waals surface area contributed by atoms with Crippen molar-refractivity contribution in [2.24, 2.45) is 0 Å². The Bertz CT molecular complexity index is 922. The lowest BCUT2D eigenvalue weighted by molar-refractivity contribution is -0.138. The number of esters is 1. The lowest BCUT2D eigenvalue weighted by Gasteiger charge is -2.44. The van der Waals surface area contributed by atoms with Gasteiger partial charge in [-0.3, -0.25) is 14.5 Å². The Balaban J connectivity index is 2.00. The van der Waals surface area contributed by atoms with Crippen LogP contribution in [-0.4, -0.2) is 52.5 Å². The number of carbonyl (C=O) groups excluding carboxylic acids is 2. The molecule has 2 atom stereocenters. The number of carbonyl (C=O) groups is 2. The van der Waals surface area contributed by atoms with Crippen molar-refractivity contribution >= 4 is 17.6 Å². The molecular formula is C22H25NO7. The maximum Gasteiger partial charge on any atom is 0.307 e. The summed E-state index contributed by atoms with van der Waals surface area (Å²) in [4.78, 5) is 25.8. The summed E-state index contributed by atoms with van der Waals surface area (Å²) in [5, 5.41) is 0. The Labute approximate surface area is 175 Å². The molecule has 1 aromatic rings. The molecule has 0 radical (unpaired) electrons.